The van der Waals surface area contributed by atoms with E-state index in [1.807, 2.05) is 0 Å². The molecule has 0 radical (unpaired) electrons. The first kappa shape index (κ1) is 17.4. The molecule has 1 heterocycles. The van der Waals surface area contributed by atoms with Crippen LogP contribution in [0.5, 0.6) is 5.75 Å². The summed E-state index contributed by atoms with van der Waals surface area (Å²) in [5, 5.41) is 13.6. The molecule has 0 saturated heterocycles. The van der Waals surface area contributed by atoms with Crippen molar-refractivity contribution >= 4 is 34.9 Å². The van der Waals surface area contributed by atoms with Crippen molar-refractivity contribution in [1.82, 2.24) is 4.98 Å². The minimum absolute atomic E-state index is 0.0198. The third-order valence-corrected chi connectivity index (χ3v) is 3.41. The zero-order chi connectivity index (χ0) is 17.0. The number of esters is 1. The molecule has 0 saturated carbocycles. The number of hydrogen-bond donors (Lipinski definition) is 2. The summed E-state index contributed by atoms with van der Waals surface area (Å²) < 4.78 is 5.06. The third-order valence-electron chi connectivity index (χ3n) is 2.91. The van der Waals surface area contributed by atoms with Crippen LogP contribution in [0.15, 0.2) is 30.5 Å². The largest absolute Gasteiger partial charge is 0.506 e. The Morgan fingerprint density at radius 3 is 2.70 bits per heavy atom. The van der Waals surface area contributed by atoms with Crippen molar-refractivity contribution in [2.75, 3.05) is 5.32 Å². The summed E-state index contributed by atoms with van der Waals surface area (Å²) in [5.41, 5.74) is 1.48. The maximum absolute atomic E-state index is 11.7. The number of nitrogens with one attached hydrogen (secondary N) is 1. The van der Waals surface area contributed by atoms with Crippen LogP contribution in [-0.2, 0) is 11.3 Å². The van der Waals surface area contributed by atoms with Gasteiger partial charge in [-0.1, -0.05) is 23.2 Å². The topological polar surface area (TPSA) is 71.5 Å². The molecule has 1 aromatic carbocycles. The summed E-state index contributed by atoms with van der Waals surface area (Å²) in [6.07, 6.45) is 1.32. The number of benzene rings is 1. The number of phenols is 1. The lowest BCUT2D eigenvalue weighted by atomic mass is 10.2. The molecule has 5 nitrogen and oxygen atoms in total. The zero-order valence-electron chi connectivity index (χ0n) is 12.6. The fourth-order valence-corrected chi connectivity index (χ4v) is 2.38. The molecule has 0 fully saturated rings. The standard InChI is InChI=1S/C16H16Cl2N2O3/c1-9(2)23-16(22)14-4-3-12(8-20-14)19-7-10-5-11(17)6-13(18)15(10)21/h3-6,8-9,19,21H,7H2,1-2H3. The summed E-state index contributed by atoms with van der Waals surface area (Å²) in [5.74, 6) is -0.487. The average Bonchev–Trinajstić information content (AvgIpc) is 2.49. The van der Waals surface area contributed by atoms with Gasteiger partial charge in [0.1, 0.15) is 11.4 Å². The molecule has 1 aromatic heterocycles. The van der Waals surface area contributed by atoms with Crippen molar-refractivity contribution < 1.29 is 14.6 Å². The third kappa shape index (κ3) is 4.74. The quantitative estimate of drug-likeness (QED) is 0.784. The van der Waals surface area contributed by atoms with E-state index in [0.29, 0.717) is 22.8 Å². The van der Waals surface area contributed by atoms with Gasteiger partial charge in [-0.3, -0.25) is 0 Å². The number of anilines is 1. The Morgan fingerprint density at radius 1 is 1.35 bits per heavy atom. The molecular formula is C16H16Cl2N2O3. The van der Waals surface area contributed by atoms with Crippen molar-refractivity contribution in [3.05, 3.63) is 51.8 Å². The Bertz CT molecular complexity index is 703. The van der Waals surface area contributed by atoms with E-state index in [2.05, 4.69) is 10.3 Å². The molecule has 7 heteroatoms. The number of ether oxygens (including phenoxy) is 1. The minimum Gasteiger partial charge on any atom is -0.506 e. The molecule has 0 aliphatic rings. The van der Waals surface area contributed by atoms with E-state index in [1.54, 1.807) is 32.0 Å². The molecule has 0 spiro atoms. The van der Waals surface area contributed by atoms with Crippen LogP contribution >= 0.6 is 23.2 Å². The highest BCUT2D eigenvalue weighted by Gasteiger charge is 2.11. The summed E-state index contributed by atoms with van der Waals surface area (Å²) in [7, 11) is 0. The Kier molecular flexibility index (Phi) is 5.69. The highest BCUT2D eigenvalue weighted by molar-refractivity contribution is 6.35. The number of hydrogen-bond acceptors (Lipinski definition) is 5. The normalized spacial score (nSPS) is 10.7. The zero-order valence-corrected chi connectivity index (χ0v) is 14.1. The van der Waals surface area contributed by atoms with Gasteiger partial charge >= 0.3 is 5.97 Å². The van der Waals surface area contributed by atoms with Crippen molar-refractivity contribution in [2.45, 2.75) is 26.5 Å². The van der Waals surface area contributed by atoms with Gasteiger partial charge in [0, 0.05) is 17.1 Å². The van der Waals surface area contributed by atoms with Crippen LogP contribution in [0, 0.1) is 0 Å². The molecule has 0 aliphatic carbocycles. The molecule has 2 rings (SSSR count). The Balaban J connectivity index is 2.03. The minimum atomic E-state index is -0.467. The molecule has 0 amide bonds. The van der Waals surface area contributed by atoms with E-state index in [0.717, 1.165) is 0 Å². The van der Waals surface area contributed by atoms with Crippen molar-refractivity contribution in [3.8, 4) is 5.75 Å². The van der Waals surface area contributed by atoms with Crippen molar-refractivity contribution in [1.29, 1.82) is 0 Å². The SMILES string of the molecule is CC(C)OC(=O)c1ccc(NCc2cc(Cl)cc(Cl)c2O)cn1. The highest BCUT2D eigenvalue weighted by atomic mass is 35.5. The molecule has 2 N–H and O–H groups in total. The Hall–Kier alpha value is -1.98. The predicted molar refractivity (Wildman–Crippen MR) is 90.2 cm³/mol. The molecule has 0 aliphatic heterocycles. The molecule has 0 atom stereocenters. The first-order chi connectivity index (χ1) is 10.9. The van der Waals surface area contributed by atoms with Crippen LogP contribution in [0.25, 0.3) is 0 Å². The van der Waals surface area contributed by atoms with Gasteiger partial charge in [0.05, 0.1) is 23.0 Å². The van der Waals surface area contributed by atoms with Gasteiger partial charge in [-0.2, -0.15) is 0 Å². The van der Waals surface area contributed by atoms with Crippen molar-refractivity contribution in [2.24, 2.45) is 0 Å². The molecule has 0 unspecified atom stereocenters. The number of carbonyl (C=O) groups is 1. The molecule has 2 aromatic rings. The van der Waals surface area contributed by atoms with Gasteiger partial charge in [0.25, 0.3) is 0 Å². The molecule has 23 heavy (non-hydrogen) atoms. The van der Waals surface area contributed by atoms with Crippen LogP contribution in [0.4, 0.5) is 5.69 Å². The van der Waals surface area contributed by atoms with E-state index in [1.165, 1.54) is 12.3 Å². The van der Waals surface area contributed by atoms with Crippen LogP contribution in [0.2, 0.25) is 10.0 Å². The second kappa shape index (κ2) is 7.53. The van der Waals surface area contributed by atoms with Gasteiger partial charge in [-0.15, -0.1) is 0 Å². The van der Waals surface area contributed by atoms with Gasteiger partial charge in [-0.05, 0) is 38.1 Å². The summed E-state index contributed by atoms with van der Waals surface area (Å²) in [6, 6.07) is 6.36. The maximum atomic E-state index is 11.7. The molecule has 0 bridgehead atoms. The number of carbonyl (C=O) groups excluding carboxylic acids is 1. The van der Waals surface area contributed by atoms with Gasteiger partial charge in [0.2, 0.25) is 0 Å². The van der Waals surface area contributed by atoms with E-state index in [9.17, 15) is 9.90 Å². The lowest BCUT2D eigenvalue weighted by molar-refractivity contribution is 0.0371. The number of aromatic nitrogens is 1. The number of pyridine rings is 1. The Morgan fingerprint density at radius 2 is 2.09 bits per heavy atom. The first-order valence-corrected chi connectivity index (χ1v) is 7.70. The van der Waals surface area contributed by atoms with E-state index in [4.69, 9.17) is 27.9 Å². The van der Waals surface area contributed by atoms with Crippen LogP contribution in [-0.4, -0.2) is 22.2 Å². The summed E-state index contributed by atoms with van der Waals surface area (Å²) in [6.45, 7) is 3.86. The average molecular weight is 355 g/mol. The first-order valence-electron chi connectivity index (χ1n) is 6.94. The second-order valence-corrected chi connectivity index (χ2v) is 5.98. The number of phenolic OH excluding ortho intramolecular Hbond substituents is 1. The summed E-state index contributed by atoms with van der Waals surface area (Å²) in [4.78, 5) is 15.7. The Labute approximate surface area is 144 Å². The number of rotatable bonds is 5. The fraction of sp³-hybridized carbons (Fsp3) is 0.250. The van der Waals surface area contributed by atoms with Gasteiger partial charge in [0.15, 0.2) is 0 Å². The number of nitrogens with zero attached hydrogens (tertiary/aromatic N) is 1. The van der Waals surface area contributed by atoms with E-state index < -0.39 is 5.97 Å². The highest BCUT2D eigenvalue weighted by Crippen LogP contribution is 2.31. The van der Waals surface area contributed by atoms with Crippen LogP contribution in [0.1, 0.15) is 29.9 Å². The predicted octanol–water partition coefficient (Wildman–Crippen LogP) is 4.27. The second-order valence-electron chi connectivity index (χ2n) is 5.14. The smallest absolute Gasteiger partial charge is 0.357 e. The van der Waals surface area contributed by atoms with Crippen molar-refractivity contribution in [3.63, 3.8) is 0 Å². The number of aromatic hydroxyl groups is 1. The van der Waals surface area contributed by atoms with Crippen LogP contribution in [0.3, 0.4) is 0 Å². The fourth-order valence-electron chi connectivity index (χ4n) is 1.84. The van der Waals surface area contributed by atoms with Gasteiger partial charge < -0.3 is 15.2 Å². The lowest BCUT2D eigenvalue weighted by Gasteiger charge is -2.10. The lowest BCUT2D eigenvalue weighted by Crippen LogP contribution is -2.13. The van der Waals surface area contributed by atoms with E-state index in [-0.39, 0.29) is 22.6 Å². The molecular weight excluding hydrogens is 339 g/mol. The van der Waals surface area contributed by atoms with Crippen LogP contribution < -0.4 is 5.32 Å². The van der Waals surface area contributed by atoms with Gasteiger partial charge in [-0.25, -0.2) is 9.78 Å². The number of halogens is 2. The molecule has 122 valence electrons. The monoisotopic (exact) mass is 354 g/mol. The summed E-state index contributed by atoms with van der Waals surface area (Å²) >= 11 is 11.8. The van der Waals surface area contributed by atoms with E-state index >= 15 is 0 Å². The maximum Gasteiger partial charge on any atom is 0.357 e.